The van der Waals surface area contributed by atoms with Gasteiger partial charge < -0.3 is 36.7 Å². The van der Waals surface area contributed by atoms with Gasteiger partial charge in [-0.15, -0.1) is 0 Å². The van der Waals surface area contributed by atoms with E-state index in [9.17, 15) is 13.2 Å². The highest BCUT2D eigenvalue weighted by Gasteiger charge is 2.29. The summed E-state index contributed by atoms with van der Waals surface area (Å²) in [5.41, 5.74) is 1.41. The van der Waals surface area contributed by atoms with Crippen LogP contribution in [0.4, 0.5) is 0 Å². The molecule has 3 aromatic carbocycles. The largest absolute Gasteiger partial charge is 0.493 e. The van der Waals surface area contributed by atoms with E-state index in [1.165, 1.54) is 26.4 Å². The first-order valence-corrected chi connectivity index (χ1v) is 17.3. The Labute approximate surface area is 301 Å². The van der Waals surface area contributed by atoms with Crippen molar-refractivity contribution in [2.24, 2.45) is 0 Å². The average Bonchev–Trinajstić information content (AvgIpc) is 3.42. The van der Waals surface area contributed by atoms with Crippen molar-refractivity contribution in [1.82, 2.24) is 4.40 Å². The molecule has 0 atom stereocenters. The minimum Gasteiger partial charge on any atom is -0.493 e. The Morgan fingerprint density at radius 3 is 2.06 bits per heavy atom. The summed E-state index contributed by atoms with van der Waals surface area (Å²) >= 11 is 17.0. The second-order valence-corrected chi connectivity index (χ2v) is 15.0. The molecule has 3 heterocycles. The van der Waals surface area contributed by atoms with Crippen LogP contribution in [0.1, 0.15) is 13.8 Å². The monoisotopic (exact) mass is 765 g/mol. The molecule has 16 heteroatoms. The smallest absolute Gasteiger partial charge is 0.449 e. The molecule has 0 saturated carbocycles. The highest BCUT2D eigenvalue weighted by Crippen LogP contribution is 2.46. The van der Waals surface area contributed by atoms with Gasteiger partial charge in [-0.3, -0.25) is 0 Å². The fourth-order valence-corrected chi connectivity index (χ4v) is 6.86. The minimum atomic E-state index is -4.76. The van der Waals surface area contributed by atoms with Crippen LogP contribution in [0.15, 0.2) is 63.9 Å². The van der Waals surface area contributed by atoms with Gasteiger partial charge in [-0.25, -0.2) is 8.98 Å². The van der Waals surface area contributed by atoms with Crippen molar-refractivity contribution >= 4 is 83.4 Å². The molecule has 0 radical (unpaired) electrons. The Morgan fingerprint density at radius 2 is 1.42 bits per heavy atom. The Morgan fingerprint density at radius 1 is 0.780 bits per heavy atom. The lowest BCUT2D eigenvalue weighted by Gasteiger charge is -2.16. The van der Waals surface area contributed by atoms with E-state index in [1.54, 1.807) is 30.9 Å². The zero-order valence-electron chi connectivity index (χ0n) is 27.5. The average molecular weight is 767 g/mol. The van der Waals surface area contributed by atoms with Crippen LogP contribution in [0.2, 0.25) is 0 Å². The van der Waals surface area contributed by atoms with E-state index >= 15 is 0 Å². The molecule has 0 spiro atoms. The number of methoxy groups -OCH3 is 4. The third-order valence-electron chi connectivity index (χ3n) is 7.72. The summed E-state index contributed by atoms with van der Waals surface area (Å²) in [6.07, 6.45) is 1.58. The van der Waals surface area contributed by atoms with Gasteiger partial charge in [-0.1, -0.05) is 40.9 Å². The Kier molecular flexibility index (Phi) is 9.57. The van der Waals surface area contributed by atoms with Gasteiger partial charge in [0.25, 0.3) is 0 Å². The van der Waals surface area contributed by atoms with Crippen LogP contribution in [-0.4, -0.2) is 57.8 Å². The number of ether oxygens (including phenoxy) is 5. The van der Waals surface area contributed by atoms with Crippen LogP contribution in [0, 0.1) is 0 Å². The molecule has 0 amide bonds. The molecule has 0 aliphatic heterocycles. The number of hydrogen-bond acceptors (Lipinski definition) is 11. The van der Waals surface area contributed by atoms with Crippen LogP contribution in [0.5, 0.6) is 34.5 Å². The van der Waals surface area contributed by atoms with Gasteiger partial charge in [0, 0.05) is 34.0 Å². The minimum absolute atomic E-state index is 0.0113. The van der Waals surface area contributed by atoms with Crippen molar-refractivity contribution in [3.63, 3.8) is 0 Å². The van der Waals surface area contributed by atoms with E-state index in [4.69, 9.17) is 71.3 Å². The number of alkyl halides is 3. The van der Waals surface area contributed by atoms with Gasteiger partial charge in [0.05, 0.1) is 40.1 Å². The van der Waals surface area contributed by atoms with Crippen molar-refractivity contribution in [3.05, 3.63) is 65.1 Å². The van der Waals surface area contributed by atoms with Crippen molar-refractivity contribution < 1.29 is 44.9 Å². The Bertz CT molecular complexity index is 2450. The molecule has 0 unspecified atom stereocenters. The maximum absolute atomic E-state index is 14.0. The first-order valence-electron chi connectivity index (χ1n) is 14.9. The van der Waals surface area contributed by atoms with Crippen LogP contribution in [0.3, 0.4) is 0 Å². The molecule has 0 aliphatic carbocycles. The van der Waals surface area contributed by atoms with E-state index in [0.29, 0.717) is 50.4 Å². The molecule has 0 saturated heterocycles. The van der Waals surface area contributed by atoms with E-state index in [0.717, 1.165) is 10.8 Å². The molecule has 264 valence electrons. The molecule has 0 N–H and O–H groups in total. The number of aromatic nitrogens is 1. The van der Waals surface area contributed by atoms with Gasteiger partial charge in [0.1, 0.15) is 17.7 Å². The third-order valence-corrected chi connectivity index (χ3v) is 8.84. The normalized spacial score (nSPS) is 12.3. The van der Waals surface area contributed by atoms with Crippen molar-refractivity contribution in [1.29, 1.82) is 0 Å². The summed E-state index contributed by atoms with van der Waals surface area (Å²) in [7, 11) is 1.20. The van der Waals surface area contributed by atoms with Crippen molar-refractivity contribution in [2.45, 2.75) is 23.7 Å². The number of fused-ring (bicyclic) bond motifs is 7. The molecule has 12 nitrogen and oxygen atoms in total. The number of hydrogen-bond donors (Lipinski definition) is 0. The summed E-state index contributed by atoms with van der Waals surface area (Å²) in [5.74, 6) is 1.63. The summed E-state index contributed by atoms with van der Waals surface area (Å²) in [5, 5.41) is 2.40. The van der Waals surface area contributed by atoms with Crippen LogP contribution in [0.25, 0.3) is 49.3 Å². The van der Waals surface area contributed by atoms with E-state index in [1.807, 2.05) is 44.2 Å². The number of rotatable bonds is 11. The molecule has 6 rings (SSSR count). The molecule has 3 aromatic heterocycles. The van der Waals surface area contributed by atoms with E-state index in [-0.39, 0.29) is 28.7 Å². The second-order valence-electron chi connectivity index (χ2n) is 11.2. The topological polar surface area (TPSA) is 133 Å². The van der Waals surface area contributed by atoms with Gasteiger partial charge in [-0.2, -0.15) is 8.42 Å². The van der Waals surface area contributed by atoms with Gasteiger partial charge >= 0.3 is 16.0 Å². The molecule has 50 heavy (non-hydrogen) atoms. The third kappa shape index (κ3) is 6.63. The lowest BCUT2D eigenvalue weighted by molar-refractivity contribution is 0.230. The molecule has 0 fully saturated rings. The van der Waals surface area contributed by atoms with E-state index in [2.05, 4.69) is 0 Å². The number of halogens is 3. The predicted octanol–water partition coefficient (Wildman–Crippen LogP) is 7.85. The Hall–Kier alpha value is -4.27. The molecule has 0 bridgehead atoms. The molecular weight excluding hydrogens is 737 g/mol. The number of pyridine rings is 1. The van der Waals surface area contributed by atoms with Gasteiger partial charge in [-0.05, 0) is 61.2 Å². The molecule has 6 aromatic rings. The Balaban J connectivity index is 1.74. The first kappa shape index (κ1) is 35.6. The molecule has 0 aliphatic rings. The lowest BCUT2D eigenvalue weighted by atomic mass is 9.97. The summed E-state index contributed by atoms with van der Waals surface area (Å²) in [6.45, 7) is 2.98. The zero-order chi connectivity index (χ0) is 36.1. The van der Waals surface area contributed by atoms with Crippen molar-refractivity contribution in [3.8, 4) is 45.6 Å². The summed E-state index contributed by atoms with van der Waals surface area (Å²) < 4.78 is 69.2. The van der Waals surface area contributed by atoms with Gasteiger partial charge in [0.15, 0.2) is 34.5 Å². The van der Waals surface area contributed by atoms with Gasteiger partial charge in [0.2, 0.25) is 3.79 Å². The van der Waals surface area contributed by atoms with Crippen LogP contribution >= 0.6 is 34.8 Å². The fraction of sp³-hybridized carbons (Fsp3) is 0.265. The summed E-state index contributed by atoms with van der Waals surface area (Å²) in [4.78, 5) is 14.0. The highest BCUT2D eigenvalue weighted by molar-refractivity contribution is 7.82. The maximum atomic E-state index is 14.0. The maximum Gasteiger partial charge on any atom is 0.449 e. The summed E-state index contributed by atoms with van der Waals surface area (Å²) in [6, 6.07) is 13.7. The van der Waals surface area contributed by atoms with Crippen LogP contribution < -0.4 is 33.5 Å². The quantitative estimate of drug-likeness (QED) is 0.0943. The number of benzene rings is 3. The fourth-order valence-electron chi connectivity index (χ4n) is 5.78. The molecular formula is C34H30Cl3NO11S. The van der Waals surface area contributed by atoms with Crippen LogP contribution in [-0.2, 0) is 14.6 Å². The van der Waals surface area contributed by atoms with Crippen molar-refractivity contribution in [2.75, 3.05) is 35.0 Å². The SMILES string of the molecule is COc1cc2ccn3c(c(-c4ccc(OC)c(OC(C)C)c4)c4c5cc(OC)c(OS(=O)(=O)OCC(Cl)(Cl)Cl)cc5oc(=O)c43)c2cc1OC. The predicted molar refractivity (Wildman–Crippen MR) is 192 cm³/mol. The highest BCUT2D eigenvalue weighted by atomic mass is 35.6. The van der Waals surface area contributed by atoms with E-state index < -0.39 is 26.4 Å². The number of nitrogens with zero attached hydrogens (tertiary/aromatic N) is 1. The zero-order valence-corrected chi connectivity index (χ0v) is 30.5. The lowest BCUT2D eigenvalue weighted by Crippen LogP contribution is -2.21. The standard InChI is InChI=1S/C34H30Cl3NO11S/c1-17(2)47-27-12-19(7-8-22(27)42-3)29-30-21-14-26(45-6)28(49-50(40,41)46-16-34(35,36)37)15-23(21)48-33(39)32(30)38-10-9-18-11-24(43-4)25(44-5)13-20(18)31(29)38/h7-15,17H,16H2,1-6H3. The second kappa shape index (κ2) is 13.5. The first-order chi connectivity index (χ1) is 23.7.